The van der Waals surface area contributed by atoms with Crippen molar-refractivity contribution >= 4 is 9.84 Å². The first-order valence-electron chi connectivity index (χ1n) is 7.35. The van der Waals surface area contributed by atoms with Crippen LogP contribution in [0.1, 0.15) is 38.3 Å². The van der Waals surface area contributed by atoms with Gasteiger partial charge >= 0.3 is 0 Å². The minimum atomic E-state index is -3.25. The van der Waals surface area contributed by atoms with E-state index in [0.29, 0.717) is 10.8 Å². The number of benzene rings is 1. The predicted molar refractivity (Wildman–Crippen MR) is 84.9 cm³/mol. The summed E-state index contributed by atoms with van der Waals surface area (Å²) in [7, 11) is -3.25. The fraction of sp³-hybridized carbons (Fsp3) is 0.625. The minimum absolute atomic E-state index is 0.00991. The molecule has 0 spiro atoms. The summed E-state index contributed by atoms with van der Waals surface area (Å²) in [6, 6.07) is 5.54. The standard InChI is InChI=1S/C16H27NO2S/c1-6-13(4)15(17-7-2)11-20(18,19)16-9-8-12(3)10-14(16)5/h8-10,13,15,17H,6-7,11H2,1-5H3. The fourth-order valence-electron chi connectivity index (χ4n) is 2.45. The average Bonchev–Trinajstić information content (AvgIpc) is 2.36. The zero-order valence-corrected chi connectivity index (χ0v) is 14.0. The summed E-state index contributed by atoms with van der Waals surface area (Å²) in [6.45, 7) is 10.8. The Labute approximate surface area is 123 Å². The lowest BCUT2D eigenvalue weighted by Gasteiger charge is -2.24. The van der Waals surface area contributed by atoms with Gasteiger partial charge in [-0.2, -0.15) is 0 Å². The monoisotopic (exact) mass is 297 g/mol. The molecule has 1 rings (SSSR count). The fourth-order valence-corrected chi connectivity index (χ4v) is 4.37. The third-order valence-corrected chi connectivity index (χ3v) is 5.79. The van der Waals surface area contributed by atoms with E-state index in [2.05, 4.69) is 19.2 Å². The van der Waals surface area contributed by atoms with E-state index in [9.17, 15) is 8.42 Å². The second-order valence-corrected chi connectivity index (χ2v) is 7.60. The lowest BCUT2D eigenvalue weighted by Crippen LogP contribution is -2.40. The van der Waals surface area contributed by atoms with E-state index in [4.69, 9.17) is 0 Å². The van der Waals surface area contributed by atoms with Gasteiger partial charge in [-0.3, -0.25) is 0 Å². The molecule has 3 nitrogen and oxygen atoms in total. The minimum Gasteiger partial charge on any atom is -0.313 e. The molecule has 0 saturated carbocycles. The van der Waals surface area contributed by atoms with Crippen LogP contribution in [-0.4, -0.2) is 26.8 Å². The number of nitrogens with one attached hydrogen (secondary N) is 1. The van der Waals surface area contributed by atoms with Crippen LogP contribution in [-0.2, 0) is 9.84 Å². The number of aryl methyl sites for hydroxylation is 2. The Hall–Kier alpha value is -0.870. The predicted octanol–water partition coefficient (Wildman–Crippen LogP) is 3.10. The zero-order chi connectivity index (χ0) is 15.3. The summed E-state index contributed by atoms with van der Waals surface area (Å²) < 4.78 is 25.3. The molecule has 0 amide bonds. The van der Waals surface area contributed by atoms with Crippen molar-refractivity contribution in [3.8, 4) is 0 Å². The average molecular weight is 297 g/mol. The van der Waals surface area contributed by atoms with Crippen molar-refractivity contribution in [2.24, 2.45) is 5.92 Å². The highest BCUT2D eigenvalue weighted by Crippen LogP contribution is 2.21. The van der Waals surface area contributed by atoms with Gasteiger partial charge in [0, 0.05) is 6.04 Å². The highest BCUT2D eigenvalue weighted by Gasteiger charge is 2.25. The Morgan fingerprint density at radius 1 is 1.20 bits per heavy atom. The molecule has 2 unspecified atom stereocenters. The van der Waals surface area contributed by atoms with Gasteiger partial charge in [0.2, 0.25) is 0 Å². The van der Waals surface area contributed by atoms with E-state index >= 15 is 0 Å². The summed E-state index contributed by atoms with van der Waals surface area (Å²) in [4.78, 5) is 0.467. The number of rotatable bonds is 7. The normalized spacial score (nSPS) is 15.1. The maximum absolute atomic E-state index is 12.6. The van der Waals surface area contributed by atoms with E-state index in [1.165, 1.54) is 0 Å². The Morgan fingerprint density at radius 3 is 2.35 bits per heavy atom. The van der Waals surface area contributed by atoms with Crippen LogP contribution in [0.4, 0.5) is 0 Å². The molecule has 1 N–H and O–H groups in total. The molecular weight excluding hydrogens is 270 g/mol. The maximum Gasteiger partial charge on any atom is 0.180 e. The van der Waals surface area contributed by atoms with Gasteiger partial charge in [0.15, 0.2) is 9.84 Å². The van der Waals surface area contributed by atoms with Crippen LogP contribution < -0.4 is 5.32 Å². The maximum atomic E-state index is 12.6. The van der Waals surface area contributed by atoms with Crippen molar-refractivity contribution < 1.29 is 8.42 Å². The van der Waals surface area contributed by atoms with Crippen molar-refractivity contribution in [3.05, 3.63) is 29.3 Å². The third-order valence-electron chi connectivity index (χ3n) is 3.86. The summed E-state index contributed by atoms with van der Waals surface area (Å²) in [5.41, 5.74) is 1.93. The van der Waals surface area contributed by atoms with Gasteiger partial charge < -0.3 is 5.32 Å². The van der Waals surface area contributed by atoms with Crippen LogP contribution in [0, 0.1) is 19.8 Å². The Bertz CT molecular complexity index is 537. The van der Waals surface area contributed by atoms with Crippen molar-refractivity contribution in [1.82, 2.24) is 5.32 Å². The molecular formula is C16H27NO2S. The molecule has 1 aromatic carbocycles. The van der Waals surface area contributed by atoms with Crippen molar-refractivity contribution in [2.45, 2.75) is 52.0 Å². The molecule has 4 heteroatoms. The summed E-state index contributed by atoms with van der Waals surface area (Å²) in [5.74, 6) is 0.509. The largest absolute Gasteiger partial charge is 0.313 e. The first-order chi connectivity index (χ1) is 9.31. The van der Waals surface area contributed by atoms with Gasteiger partial charge in [-0.05, 0) is 37.9 Å². The summed E-state index contributed by atoms with van der Waals surface area (Å²) in [6.07, 6.45) is 0.972. The first kappa shape index (κ1) is 17.2. The second-order valence-electron chi connectivity index (χ2n) is 5.60. The molecule has 20 heavy (non-hydrogen) atoms. The number of sulfone groups is 1. The van der Waals surface area contributed by atoms with Crippen molar-refractivity contribution in [2.75, 3.05) is 12.3 Å². The highest BCUT2D eigenvalue weighted by molar-refractivity contribution is 7.91. The molecule has 0 aliphatic carbocycles. The van der Waals surface area contributed by atoms with Crippen LogP contribution >= 0.6 is 0 Å². The lowest BCUT2D eigenvalue weighted by atomic mass is 10.0. The molecule has 1 aromatic rings. The molecule has 114 valence electrons. The van der Waals surface area contributed by atoms with Gasteiger partial charge in [-0.25, -0.2) is 8.42 Å². The molecule has 0 bridgehead atoms. The molecule has 0 fully saturated rings. The Balaban J connectivity index is 3.03. The molecule has 0 aliphatic heterocycles. The summed E-state index contributed by atoms with van der Waals surface area (Å²) >= 11 is 0. The van der Waals surface area contributed by atoms with Crippen LogP contribution in [0.15, 0.2) is 23.1 Å². The van der Waals surface area contributed by atoms with E-state index in [-0.39, 0.29) is 11.8 Å². The third kappa shape index (κ3) is 4.32. The zero-order valence-electron chi connectivity index (χ0n) is 13.2. The Kier molecular flexibility index (Phi) is 6.21. The Morgan fingerprint density at radius 2 is 1.85 bits per heavy atom. The SMILES string of the molecule is CCNC(CS(=O)(=O)c1ccc(C)cc1C)C(C)CC. The van der Waals surface area contributed by atoms with Gasteiger partial charge in [0.25, 0.3) is 0 Å². The molecule has 0 radical (unpaired) electrons. The van der Waals surface area contributed by atoms with Gasteiger partial charge in [-0.1, -0.05) is 44.9 Å². The lowest BCUT2D eigenvalue weighted by molar-refractivity contribution is 0.398. The van der Waals surface area contributed by atoms with E-state index in [0.717, 1.165) is 24.1 Å². The molecule has 0 saturated heterocycles. The van der Waals surface area contributed by atoms with Gasteiger partial charge in [-0.15, -0.1) is 0 Å². The first-order valence-corrected chi connectivity index (χ1v) is 9.00. The molecule has 0 aromatic heterocycles. The summed E-state index contributed by atoms with van der Waals surface area (Å²) in [5, 5.41) is 3.31. The van der Waals surface area contributed by atoms with Crippen LogP contribution in [0.2, 0.25) is 0 Å². The van der Waals surface area contributed by atoms with E-state index in [1.54, 1.807) is 6.07 Å². The van der Waals surface area contributed by atoms with E-state index in [1.807, 2.05) is 32.9 Å². The van der Waals surface area contributed by atoms with Gasteiger partial charge in [0.1, 0.15) is 0 Å². The molecule has 0 heterocycles. The number of hydrogen-bond donors (Lipinski definition) is 1. The highest BCUT2D eigenvalue weighted by atomic mass is 32.2. The topological polar surface area (TPSA) is 46.2 Å². The van der Waals surface area contributed by atoms with Crippen LogP contribution in [0.3, 0.4) is 0 Å². The van der Waals surface area contributed by atoms with Crippen LogP contribution in [0.25, 0.3) is 0 Å². The smallest absolute Gasteiger partial charge is 0.180 e. The van der Waals surface area contributed by atoms with Crippen molar-refractivity contribution in [3.63, 3.8) is 0 Å². The van der Waals surface area contributed by atoms with Gasteiger partial charge in [0.05, 0.1) is 10.6 Å². The van der Waals surface area contributed by atoms with Crippen molar-refractivity contribution in [1.29, 1.82) is 0 Å². The molecule has 2 atom stereocenters. The quantitative estimate of drug-likeness (QED) is 0.841. The van der Waals surface area contributed by atoms with Crippen LogP contribution in [0.5, 0.6) is 0 Å². The van der Waals surface area contributed by atoms with E-state index < -0.39 is 9.84 Å². The second kappa shape index (κ2) is 7.23. The number of hydrogen-bond acceptors (Lipinski definition) is 3. The molecule has 0 aliphatic rings.